The molecular formula is C21H21N7S. The van der Waals surface area contributed by atoms with E-state index in [-0.39, 0.29) is 5.54 Å². The average Bonchev–Trinajstić information content (AvgIpc) is 3.33. The van der Waals surface area contributed by atoms with Gasteiger partial charge in [0.05, 0.1) is 34.2 Å². The molecule has 0 atom stereocenters. The molecule has 4 rings (SSSR count). The minimum Gasteiger partial charge on any atom is -0.380 e. The Balaban J connectivity index is 1.83. The van der Waals surface area contributed by atoms with Gasteiger partial charge in [-0.1, -0.05) is 18.3 Å². The van der Waals surface area contributed by atoms with E-state index in [0.717, 1.165) is 44.6 Å². The van der Waals surface area contributed by atoms with Crippen molar-refractivity contribution in [2.24, 2.45) is 0 Å². The van der Waals surface area contributed by atoms with Crippen LogP contribution in [0.1, 0.15) is 38.3 Å². The molecule has 8 heteroatoms. The lowest BCUT2D eigenvalue weighted by Crippen LogP contribution is -2.26. The Morgan fingerprint density at radius 2 is 2.00 bits per heavy atom. The zero-order valence-corrected chi connectivity index (χ0v) is 17.6. The molecule has 0 saturated heterocycles. The molecule has 0 saturated carbocycles. The highest BCUT2D eigenvalue weighted by molar-refractivity contribution is 7.14. The zero-order valence-electron chi connectivity index (χ0n) is 16.8. The number of aryl methyl sites for hydroxylation is 1. The highest BCUT2D eigenvalue weighted by Crippen LogP contribution is 2.34. The third-order valence-corrected chi connectivity index (χ3v) is 5.41. The first-order valence-electron chi connectivity index (χ1n) is 9.37. The molecule has 146 valence electrons. The fourth-order valence-electron chi connectivity index (χ4n) is 3.03. The predicted octanol–water partition coefficient (Wildman–Crippen LogP) is 4.56. The van der Waals surface area contributed by atoms with Gasteiger partial charge in [-0.15, -0.1) is 10.2 Å². The maximum Gasteiger partial charge on any atom is 0.151 e. The monoisotopic (exact) mass is 403 g/mol. The van der Waals surface area contributed by atoms with Crippen LogP contribution in [0.25, 0.3) is 27.5 Å². The molecule has 4 aromatic rings. The van der Waals surface area contributed by atoms with Gasteiger partial charge >= 0.3 is 0 Å². The number of rotatable bonds is 4. The summed E-state index contributed by atoms with van der Waals surface area (Å²) in [6.07, 6.45) is 4.26. The second-order valence-corrected chi connectivity index (χ2v) is 8.82. The zero-order chi connectivity index (χ0) is 20.6. The quantitative estimate of drug-likeness (QED) is 0.537. The molecule has 0 aromatic carbocycles. The van der Waals surface area contributed by atoms with Crippen molar-refractivity contribution in [1.29, 1.82) is 5.26 Å². The number of anilines is 1. The van der Waals surface area contributed by atoms with Gasteiger partial charge in [0.25, 0.3) is 0 Å². The molecule has 1 N–H and O–H groups in total. The first-order valence-corrected chi connectivity index (χ1v) is 10.2. The van der Waals surface area contributed by atoms with Gasteiger partial charge in [0, 0.05) is 17.4 Å². The Morgan fingerprint density at radius 1 is 1.17 bits per heavy atom. The molecule has 4 heterocycles. The van der Waals surface area contributed by atoms with Crippen molar-refractivity contribution in [1.82, 2.24) is 24.8 Å². The maximum absolute atomic E-state index is 9.09. The summed E-state index contributed by atoms with van der Waals surface area (Å²) in [7, 11) is 0. The van der Waals surface area contributed by atoms with E-state index >= 15 is 0 Å². The molecule has 0 unspecified atom stereocenters. The molecule has 4 aromatic heterocycles. The van der Waals surface area contributed by atoms with Gasteiger partial charge in [-0.05, 0) is 51.5 Å². The average molecular weight is 404 g/mol. The van der Waals surface area contributed by atoms with Crippen molar-refractivity contribution < 1.29 is 0 Å². The molecule has 0 radical (unpaired) electrons. The van der Waals surface area contributed by atoms with Crippen LogP contribution in [0, 0.1) is 11.3 Å². The van der Waals surface area contributed by atoms with Gasteiger partial charge in [-0.2, -0.15) is 10.4 Å². The number of nitrogens with zero attached hydrogens (tertiary/aromatic N) is 6. The summed E-state index contributed by atoms with van der Waals surface area (Å²) < 4.78 is 1.80. The highest BCUT2D eigenvalue weighted by atomic mass is 32.1. The lowest BCUT2D eigenvalue weighted by Gasteiger charge is -2.24. The molecule has 0 fully saturated rings. The van der Waals surface area contributed by atoms with Crippen LogP contribution in [0.3, 0.4) is 0 Å². The van der Waals surface area contributed by atoms with Crippen LogP contribution >= 0.6 is 11.3 Å². The Labute approximate surface area is 173 Å². The van der Waals surface area contributed by atoms with Crippen LogP contribution in [0.4, 0.5) is 5.69 Å². The molecule has 0 aliphatic heterocycles. The van der Waals surface area contributed by atoms with E-state index in [0.29, 0.717) is 5.56 Å². The lowest BCUT2D eigenvalue weighted by molar-refractivity contribution is 0.634. The minimum atomic E-state index is -0.132. The normalized spacial score (nSPS) is 11.6. The Morgan fingerprint density at radius 3 is 2.69 bits per heavy atom. The number of hydrogen-bond donors (Lipinski definition) is 1. The van der Waals surface area contributed by atoms with Gasteiger partial charge in [-0.3, -0.25) is 4.98 Å². The van der Waals surface area contributed by atoms with Crippen molar-refractivity contribution in [3.05, 3.63) is 47.2 Å². The summed E-state index contributed by atoms with van der Waals surface area (Å²) in [6, 6.07) is 9.86. The fourth-order valence-corrected chi connectivity index (χ4v) is 3.84. The number of pyridine rings is 1. The minimum absolute atomic E-state index is 0.132. The summed E-state index contributed by atoms with van der Waals surface area (Å²) in [4.78, 5) is 4.69. The number of fused-ring (bicyclic) bond motifs is 1. The molecular weight excluding hydrogens is 382 g/mol. The first-order chi connectivity index (χ1) is 13.9. The van der Waals surface area contributed by atoms with Crippen molar-refractivity contribution in [2.75, 3.05) is 5.32 Å². The van der Waals surface area contributed by atoms with Crippen LogP contribution in [-0.4, -0.2) is 30.3 Å². The second kappa shape index (κ2) is 7.26. The van der Waals surface area contributed by atoms with E-state index in [4.69, 9.17) is 5.26 Å². The van der Waals surface area contributed by atoms with E-state index in [1.165, 1.54) is 0 Å². The first kappa shape index (κ1) is 19.0. The topological polar surface area (TPSA) is 91.8 Å². The van der Waals surface area contributed by atoms with E-state index in [2.05, 4.69) is 59.4 Å². The van der Waals surface area contributed by atoms with Gasteiger partial charge in [0.2, 0.25) is 0 Å². The SMILES string of the molecule is CCc1nnc(-c2cnc(-c3ccc4cc(C#N)cnn34)cc2NC(C)(C)C)s1. The third-order valence-electron chi connectivity index (χ3n) is 4.31. The van der Waals surface area contributed by atoms with E-state index in [9.17, 15) is 0 Å². The Bertz CT molecular complexity index is 1220. The lowest BCUT2D eigenvalue weighted by atomic mass is 10.1. The molecule has 7 nitrogen and oxygen atoms in total. The van der Waals surface area contributed by atoms with Crippen LogP contribution in [0.5, 0.6) is 0 Å². The molecule has 29 heavy (non-hydrogen) atoms. The summed E-state index contributed by atoms with van der Waals surface area (Å²) in [5, 5.41) is 27.5. The second-order valence-electron chi connectivity index (χ2n) is 7.76. The van der Waals surface area contributed by atoms with Gasteiger partial charge in [-0.25, -0.2) is 4.52 Å². The Hall–Kier alpha value is -3.31. The van der Waals surface area contributed by atoms with Gasteiger partial charge < -0.3 is 5.32 Å². The molecule has 0 aliphatic carbocycles. The fraction of sp³-hybridized carbons (Fsp3) is 0.286. The van der Waals surface area contributed by atoms with Gasteiger partial charge in [0.15, 0.2) is 5.01 Å². The molecule has 0 amide bonds. The molecule has 0 aliphatic rings. The number of nitriles is 1. The van der Waals surface area contributed by atoms with Crippen LogP contribution in [0.2, 0.25) is 0 Å². The third kappa shape index (κ3) is 3.82. The van der Waals surface area contributed by atoms with Crippen molar-refractivity contribution in [3.63, 3.8) is 0 Å². The summed E-state index contributed by atoms with van der Waals surface area (Å²) in [5.41, 5.74) is 4.78. The largest absolute Gasteiger partial charge is 0.380 e. The van der Waals surface area contributed by atoms with Crippen molar-refractivity contribution in [3.8, 4) is 28.0 Å². The number of aromatic nitrogens is 5. The van der Waals surface area contributed by atoms with Crippen LogP contribution in [-0.2, 0) is 6.42 Å². The van der Waals surface area contributed by atoms with Crippen LogP contribution < -0.4 is 5.32 Å². The van der Waals surface area contributed by atoms with E-state index < -0.39 is 0 Å². The van der Waals surface area contributed by atoms with E-state index in [1.54, 1.807) is 22.0 Å². The van der Waals surface area contributed by atoms with Crippen LogP contribution in [0.15, 0.2) is 36.7 Å². The molecule has 0 spiro atoms. The maximum atomic E-state index is 9.09. The van der Waals surface area contributed by atoms with E-state index in [1.807, 2.05) is 30.5 Å². The summed E-state index contributed by atoms with van der Waals surface area (Å²) in [6.45, 7) is 8.42. The predicted molar refractivity (Wildman–Crippen MR) is 115 cm³/mol. The standard InChI is InChI=1S/C21H21N7S/c1-5-19-26-27-20(29-19)15-12-23-17(9-16(15)25-21(2,3)4)18-7-6-14-8-13(10-22)11-24-28(14)18/h6-9,11-12H,5H2,1-4H3,(H,23,25). The van der Waals surface area contributed by atoms with Crippen molar-refractivity contribution in [2.45, 2.75) is 39.7 Å². The Kier molecular flexibility index (Phi) is 4.76. The smallest absolute Gasteiger partial charge is 0.151 e. The molecule has 0 bridgehead atoms. The number of hydrogen-bond acceptors (Lipinski definition) is 7. The summed E-state index contributed by atoms with van der Waals surface area (Å²) >= 11 is 1.59. The van der Waals surface area contributed by atoms with Gasteiger partial charge in [0.1, 0.15) is 11.1 Å². The van der Waals surface area contributed by atoms with Crippen molar-refractivity contribution >= 4 is 22.5 Å². The summed E-state index contributed by atoms with van der Waals surface area (Å²) in [5.74, 6) is 0. The number of nitrogens with one attached hydrogen (secondary N) is 1. The highest BCUT2D eigenvalue weighted by Gasteiger charge is 2.19.